The average Bonchev–Trinajstić information content (AvgIpc) is 2.85. The molecule has 4 heteroatoms. The van der Waals surface area contributed by atoms with Crippen LogP contribution in [0.25, 0.3) is 0 Å². The number of rotatable bonds is 2. The van der Waals surface area contributed by atoms with Crippen LogP contribution in [-0.2, 0) is 5.60 Å². The number of thioether (sulfide) groups is 2. The summed E-state index contributed by atoms with van der Waals surface area (Å²) in [6.45, 7) is 2.29. The molecule has 2 aliphatic heterocycles. The Bertz CT molecular complexity index is 517. The molecule has 3 aliphatic rings. The van der Waals surface area contributed by atoms with Crippen molar-refractivity contribution in [1.29, 1.82) is 0 Å². The van der Waals surface area contributed by atoms with Gasteiger partial charge in [-0.25, -0.2) is 0 Å². The van der Waals surface area contributed by atoms with Gasteiger partial charge in [0.25, 0.3) is 0 Å². The van der Waals surface area contributed by atoms with Crippen molar-refractivity contribution in [2.24, 2.45) is 11.8 Å². The second kappa shape index (κ2) is 6.99. The van der Waals surface area contributed by atoms with E-state index in [-0.39, 0.29) is 0 Å². The lowest BCUT2D eigenvalue weighted by atomic mass is 9.67. The van der Waals surface area contributed by atoms with Gasteiger partial charge in [-0.1, -0.05) is 30.3 Å². The van der Waals surface area contributed by atoms with Gasteiger partial charge in [0.2, 0.25) is 0 Å². The Morgan fingerprint density at radius 1 is 1.04 bits per heavy atom. The molecule has 126 valence electrons. The van der Waals surface area contributed by atoms with Crippen molar-refractivity contribution in [3.8, 4) is 0 Å². The normalized spacial score (nSPS) is 36.6. The van der Waals surface area contributed by atoms with E-state index in [1.54, 1.807) is 0 Å². The zero-order valence-electron chi connectivity index (χ0n) is 13.7. The summed E-state index contributed by atoms with van der Waals surface area (Å²) in [7, 11) is 0. The molecule has 23 heavy (non-hydrogen) atoms. The van der Waals surface area contributed by atoms with Crippen LogP contribution in [0.15, 0.2) is 30.3 Å². The van der Waals surface area contributed by atoms with E-state index in [9.17, 15) is 5.11 Å². The fraction of sp³-hybridized carbons (Fsp3) is 0.684. The molecule has 2 nitrogen and oxygen atoms in total. The van der Waals surface area contributed by atoms with Crippen molar-refractivity contribution in [3.63, 3.8) is 0 Å². The van der Waals surface area contributed by atoms with E-state index in [1.807, 2.05) is 6.07 Å². The lowest BCUT2D eigenvalue weighted by Crippen LogP contribution is -2.43. The molecule has 3 fully saturated rings. The molecule has 1 aromatic carbocycles. The summed E-state index contributed by atoms with van der Waals surface area (Å²) >= 11 is 4.23. The second-order valence-corrected chi connectivity index (χ2v) is 9.61. The molecule has 1 N–H and O–H groups in total. The van der Waals surface area contributed by atoms with Crippen LogP contribution < -0.4 is 0 Å². The molecular weight excluding hydrogens is 322 g/mol. The largest absolute Gasteiger partial charge is 0.385 e. The molecule has 0 radical (unpaired) electrons. The van der Waals surface area contributed by atoms with Crippen LogP contribution in [0.1, 0.15) is 24.8 Å². The molecule has 1 saturated carbocycles. The quantitative estimate of drug-likeness (QED) is 0.883. The van der Waals surface area contributed by atoms with E-state index in [0.717, 1.165) is 24.9 Å². The highest BCUT2D eigenvalue weighted by Gasteiger charge is 2.50. The number of likely N-dealkylation sites (tertiary alicyclic amines) is 1. The molecular formula is C19H27NOS2. The fourth-order valence-electron chi connectivity index (χ4n) is 4.76. The molecule has 4 rings (SSSR count). The maximum absolute atomic E-state index is 11.5. The number of aliphatic hydroxyl groups is 1. The van der Waals surface area contributed by atoms with Gasteiger partial charge in [-0.3, -0.25) is 4.90 Å². The molecule has 0 bridgehead atoms. The van der Waals surface area contributed by atoms with E-state index < -0.39 is 5.60 Å². The summed E-state index contributed by atoms with van der Waals surface area (Å²) in [5.74, 6) is 6.24. The van der Waals surface area contributed by atoms with Crippen molar-refractivity contribution in [3.05, 3.63) is 35.9 Å². The molecule has 0 amide bonds. The Labute approximate surface area is 148 Å². The third kappa shape index (κ3) is 3.20. The van der Waals surface area contributed by atoms with E-state index in [1.165, 1.54) is 36.0 Å². The Hall–Kier alpha value is -0.160. The van der Waals surface area contributed by atoms with Crippen LogP contribution in [0.5, 0.6) is 0 Å². The molecule has 0 aromatic heterocycles. The standard InChI is InChI=1S/C19H27NOS2/c21-19(16-6-2-1-3-7-16)8-4-5-15-11-20(12-18(15)19)17-13-22-9-10-23-14-17/h1-3,6-7,15,17-18,21H,4-5,8-14H2/t15-,18+,19+/m1/s1. The Morgan fingerprint density at radius 2 is 1.78 bits per heavy atom. The van der Waals surface area contributed by atoms with E-state index in [0.29, 0.717) is 17.9 Å². The highest BCUT2D eigenvalue weighted by Crippen LogP contribution is 2.48. The fourth-order valence-corrected chi connectivity index (χ4v) is 7.38. The number of nitrogens with zero attached hydrogens (tertiary/aromatic N) is 1. The molecule has 3 atom stereocenters. The van der Waals surface area contributed by atoms with Crippen molar-refractivity contribution in [1.82, 2.24) is 4.90 Å². The smallest absolute Gasteiger partial charge is 0.0939 e. The van der Waals surface area contributed by atoms with E-state index >= 15 is 0 Å². The van der Waals surface area contributed by atoms with Gasteiger partial charge in [0.15, 0.2) is 0 Å². The van der Waals surface area contributed by atoms with Crippen molar-refractivity contribution >= 4 is 23.5 Å². The highest BCUT2D eigenvalue weighted by molar-refractivity contribution is 8.03. The van der Waals surface area contributed by atoms with Crippen molar-refractivity contribution in [2.75, 3.05) is 36.1 Å². The van der Waals surface area contributed by atoms with Gasteiger partial charge in [-0.2, -0.15) is 23.5 Å². The van der Waals surface area contributed by atoms with Gasteiger partial charge in [0, 0.05) is 48.1 Å². The van der Waals surface area contributed by atoms with Gasteiger partial charge in [0.1, 0.15) is 0 Å². The first-order valence-electron chi connectivity index (χ1n) is 8.95. The number of hydrogen-bond donors (Lipinski definition) is 1. The van der Waals surface area contributed by atoms with Gasteiger partial charge in [-0.05, 0) is 30.7 Å². The Balaban J connectivity index is 1.54. The average molecular weight is 350 g/mol. The minimum Gasteiger partial charge on any atom is -0.385 e. The third-order valence-electron chi connectivity index (χ3n) is 6.00. The monoisotopic (exact) mass is 349 g/mol. The van der Waals surface area contributed by atoms with Crippen LogP contribution in [0.3, 0.4) is 0 Å². The maximum Gasteiger partial charge on any atom is 0.0939 e. The Morgan fingerprint density at radius 3 is 2.52 bits per heavy atom. The first-order valence-corrected chi connectivity index (χ1v) is 11.3. The van der Waals surface area contributed by atoms with Crippen LogP contribution >= 0.6 is 23.5 Å². The summed E-state index contributed by atoms with van der Waals surface area (Å²) in [5.41, 5.74) is 0.533. The van der Waals surface area contributed by atoms with Crippen LogP contribution in [-0.4, -0.2) is 52.1 Å². The minimum absolute atomic E-state index is 0.414. The first-order chi connectivity index (χ1) is 11.3. The van der Waals surface area contributed by atoms with E-state index in [4.69, 9.17) is 0 Å². The molecule has 2 heterocycles. The molecule has 2 saturated heterocycles. The van der Waals surface area contributed by atoms with Gasteiger partial charge >= 0.3 is 0 Å². The first kappa shape index (κ1) is 16.3. The van der Waals surface area contributed by atoms with Crippen molar-refractivity contribution in [2.45, 2.75) is 30.9 Å². The second-order valence-electron chi connectivity index (χ2n) is 7.31. The summed E-state index contributed by atoms with van der Waals surface area (Å²) in [6.07, 6.45) is 3.39. The lowest BCUT2D eigenvalue weighted by molar-refractivity contribution is -0.0650. The number of benzene rings is 1. The zero-order chi connectivity index (χ0) is 15.7. The summed E-state index contributed by atoms with van der Waals surface area (Å²) in [5, 5.41) is 11.5. The topological polar surface area (TPSA) is 23.5 Å². The van der Waals surface area contributed by atoms with Crippen LogP contribution in [0.2, 0.25) is 0 Å². The van der Waals surface area contributed by atoms with Gasteiger partial charge < -0.3 is 5.11 Å². The maximum atomic E-state index is 11.5. The predicted molar refractivity (Wildman–Crippen MR) is 101 cm³/mol. The van der Waals surface area contributed by atoms with Crippen LogP contribution in [0.4, 0.5) is 0 Å². The minimum atomic E-state index is -0.607. The summed E-state index contributed by atoms with van der Waals surface area (Å²) in [6, 6.07) is 11.2. The number of fused-ring (bicyclic) bond motifs is 1. The molecule has 1 aromatic rings. The lowest BCUT2D eigenvalue weighted by Gasteiger charge is -2.41. The van der Waals surface area contributed by atoms with Gasteiger partial charge in [-0.15, -0.1) is 0 Å². The SMILES string of the molecule is O[C@]1(c2ccccc2)CCC[C@@H]2CN(C3CSCCSC3)C[C@@H]21. The van der Waals surface area contributed by atoms with E-state index in [2.05, 4.69) is 52.7 Å². The highest BCUT2D eigenvalue weighted by atomic mass is 32.2. The molecule has 0 spiro atoms. The Kier molecular flexibility index (Phi) is 4.96. The predicted octanol–water partition coefficient (Wildman–Crippen LogP) is 3.45. The third-order valence-corrected chi connectivity index (χ3v) is 8.48. The van der Waals surface area contributed by atoms with Gasteiger partial charge in [0.05, 0.1) is 5.60 Å². The zero-order valence-corrected chi connectivity index (χ0v) is 15.3. The summed E-state index contributed by atoms with van der Waals surface area (Å²) < 4.78 is 0. The molecule has 1 aliphatic carbocycles. The number of hydrogen-bond acceptors (Lipinski definition) is 4. The molecule has 0 unspecified atom stereocenters. The van der Waals surface area contributed by atoms with Crippen molar-refractivity contribution < 1.29 is 5.11 Å². The van der Waals surface area contributed by atoms with Crippen LogP contribution in [0, 0.1) is 11.8 Å². The summed E-state index contributed by atoms with van der Waals surface area (Å²) in [4.78, 5) is 2.71.